The molecule has 0 spiro atoms. The maximum atomic E-state index is 9.22. The third kappa shape index (κ3) is 2.02. The Balaban J connectivity index is 2.20. The SMILES string of the molecule is CNc1cc(N2CCCC2CO)ncn1. The molecule has 1 unspecified atom stereocenters. The number of hydrogen-bond donors (Lipinski definition) is 2. The summed E-state index contributed by atoms with van der Waals surface area (Å²) >= 11 is 0. The van der Waals surface area contributed by atoms with Gasteiger partial charge < -0.3 is 15.3 Å². The lowest BCUT2D eigenvalue weighted by Crippen LogP contribution is -2.32. The van der Waals surface area contributed by atoms with Gasteiger partial charge in [-0.15, -0.1) is 0 Å². The molecule has 1 atom stereocenters. The average molecular weight is 208 g/mol. The molecule has 5 heteroatoms. The molecule has 82 valence electrons. The van der Waals surface area contributed by atoms with Crippen LogP contribution in [0, 0.1) is 0 Å². The predicted molar refractivity (Wildman–Crippen MR) is 59.0 cm³/mol. The number of aromatic nitrogens is 2. The van der Waals surface area contributed by atoms with Crippen LogP contribution in [0.2, 0.25) is 0 Å². The minimum Gasteiger partial charge on any atom is -0.394 e. The number of nitrogens with zero attached hydrogens (tertiary/aromatic N) is 3. The molecule has 2 rings (SSSR count). The molecule has 1 aliphatic heterocycles. The van der Waals surface area contributed by atoms with Gasteiger partial charge in [0.1, 0.15) is 18.0 Å². The first-order valence-electron chi connectivity index (χ1n) is 5.22. The Morgan fingerprint density at radius 2 is 2.47 bits per heavy atom. The van der Waals surface area contributed by atoms with Crippen molar-refractivity contribution in [2.24, 2.45) is 0 Å². The van der Waals surface area contributed by atoms with Gasteiger partial charge in [-0.2, -0.15) is 0 Å². The van der Waals surface area contributed by atoms with E-state index in [1.165, 1.54) is 0 Å². The Morgan fingerprint density at radius 1 is 1.60 bits per heavy atom. The second-order valence-electron chi connectivity index (χ2n) is 3.68. The number of aliphatic hydroxyl groups excluding tert-OH is 1. The van der Waals surface area contributed by atoms with Crippen LogP contribution in [-0.2, 0) is 0 Å². The van der Waals surface area contributed by atoms with Gasteiger partial charge in [0.2, 0.25) is 0 Å². The summed E-state index contributed by atoms with van der Waals surface area (Å²) in [6.07, 6.45) is 3.70. The zero-order valence-electron chi connectivity index (χ0n) is 8.85. The third-order valence-corrected chi connectivity index (χ3v) is 2.79. The van der Waals surface area contributed by atoms with Gasteiger partial charge >= 0.3 is 0 Å². The maximum absolute atomic E-state index is 9.22. The second kappa shape index (κ2) is 4.44. The molecule has 0 saturated carbocycles. The van der Waals surface area contributed by atoms with Crippen LogP contribution in [0.1, 0.15) is 12.8 Å². The van der Waals surface area contributed by atoms with Crippen molar-refractivity contribution in [1.82, 2.24) is 9.97 Å². The van der Waals surface area contributed by atoms with E-state index in [-0.39, 0.29) is 12.6 Å². The summed E-state index contributed by atoms with van der Waals surface area (Å²) < 4.78 is 0. The van der Waals surface area contributed by atoms with E-state index in [1.807, 2.05) is 13.1 Å². The monoisotopic (exact) mass is 208 g/mol. The molecule has 1 fully saturated rings. The minimum atomic E-state index is 0.193. The van der Waals surface area contributed by atoms with Crippen molar-refractivity contribution < 1.29 is 5.11 Å². The van der Waals surface area contributed by atoms with Gasteiger partial charge in [0.15, 0.2) is 0 Å². The Bertz CT molecular complexity index is 331. The number of aliphatic hydroxyl groups is 1. The Kier molecular flexibility index (Phi) is 3.01. The van der Waals surface area contributed by atoms with E-state index < -0.39 is 0 Å². The summed E-state index contributed by atoms with van der Waals surface area (Å²) in [6.45, 7) is 1.16. The van der Waals surface area contributed by atoms with Gasteiger partial charge in [-0.05, 0) is 12.8 Å². The Hall–Kier alpha value is -1.36. The highest BCUT2D eigenvalue weighted by molar-refractivity contribution is 5.49. The predicted octanol–water partition coefficient (Wildman–Crippen LogP) is 0.479. The number of anilines is 2. The van der Waals surface area contributed by atoms with E-state index in [1.54, 1.807) is 6.33 Å². The van der Waals surface area contributed by atoms with E-state index >= 15 is 0 Å². The van der Waals surface area contributed by atoms with Gasteiger partial charge in [0.25, 0.3) is 0 Å². The van der Waals surface area contributed by atoms with Crippen molar-refractivity contribution in [3.05, 3.63) is 12.4 Å². The van der Waals surface area contributed by atoms with E-state index in [0.29, 0.717) is 0 Å². The van der Waals surface area contributed by atoms with E-state index in [4.69, 9.17) is 0 Å². The zero-order valence-corrected chi connectivity index (χ0v) is 8.85. The maximum Gasteiger partial charge on any atom is 0.134 e. The normalized spacial score (nSPS) is 20.7. The summed E-state index contributed by atoms with van der Waals surface area (Å²) in [4.78, 5) is 10.4. The molecular weight excluding hydrogens is 192 g/mol. The Morgan fingerprint density at radius 3 is 3.20 bits per heavy atom. The lowest BCUT2D eigenvalue weighted by Gasteiger charge is -2.23. The van der Waals surface area contributed by atoms with Crippen molar-refractivity contribution in [3.63, 3.8) is 0 Å². The van der Waals surface area contributed by atoms with Gasteiger partial charge in [0.05, 0.1) is 12.6 Å². The summed E-state index contributed by atoms with van der Waals surface area (Å²) in [6, 6.07) is 2.12. The van der Waals surface area contributed by atoms with Crippen LogP contribution in [-0.4, -0.2) is 41.3 Å². The standard InChI is InChI=1S/C10H16N4O/c1-11-9-5-10(13-7-12-9)14-4-2-3-8(14)6-15/h5,7-8,15H,2-4,6H2,1H3,(H,11,12,13). The van der Waals surface area contributed by atoms with Crippen molar-refractivity contribution >= 4 is 11.6 Å². The molecule has 1 aromatic heterocycles. The fourth-order valence-corrected chi connectivity index (χ4v) is 1.97. The molecule has 2 heterocycles. The van der Waals surface area contributed by atoms with E-state index in [2.05, 4.69) is 20.2 Å². The first-order chi connectivity index (χ1) is 7.35. The zero-order chi connectivity index (χ0) is 10.7. The van der Waals surface area contributed by atoms with Crippen LogP contribution in [0.4, 0.5) is 11.6 Å². The minimum absolute atomic E-state index is 0.193. The highest BCUT2D eigenvalue weighted by Gasteiger charge is 2.24. The first-order valence-corrected chi connectivity index (χ1v) is 5.22. The van der Waals surface area contributed by atoms with Crippen LogP contribution in [0.5, 0.6) is 0 Å². The summed E-state index contributed by atoms with van der Waals surface area (Å²) in [5, 5.41) is 12.2. The summed E-state index contributed by atoms with van der Waals surface area (Å²) in [7, 11) is 1.83. The highest BCUT2D eigenvalue weighted by atomic mass is 16.3. The number of rotatable bonds is 3. The van der Waals surface area contributed by atoms with Crippen LogP contribution in [0.15, 0.2) is 12.4 Å². The molecule has 1 aromatic rings. The molecule has 0 aliphatic carbocycles. The number of nitrogens with one attached hydrogen (secondary N) is 1. The second-order valence-corrected chi connectivity index (χ2v) is 3.68. The van der Waals surface area contributed by atoms with Gasteiger partial charge in [-0.3, -0.25) is 0 Å². The van der Waals surface area contributed by atoms with Gasteiger partial charge in [-0.25, -0.2) is 9.97 Å². The Labute approximate surface area is 89.2 Å². The van der Waals surface area contributed by atoms with Crippen molar-refractivity contribution in [2.45, 2.75) is 18.9 Å². The van der Waals surface area contributed by atoms with Crippen LogP contribution in [0.25, 0.3) is 0 Å². The van der Waals surface area contributed by atoms with Gasteiger partial charge in [0, 0.05) is 19.7 Å². The molecule has 0 amide bonds. The largest absolute Gasteiger partial charge is 0.394 e. The molecular formula is C10H16N4O. The lowest BCUT2D eigenvalue weighted by molar-refractivity contribution is 0.266. The van der Waals surface area contributed by atoms with Crippen molar-refractivity contribution in [2.75, 3.05) is 30.4 Å². The fourth-order valence-electron chi connectivity index (χ4n) is 1.97. The quantitative estimate of drug-likeness (QED) is 0.756. The topological polar surface area (TPSA) is 61.3 Å². The summed E-state index contributed by atoms with van der Waals surface area (Å²) in [5.74, 6) is 1.70. The first kappa shape index (κ1) is 10.2. The molecule has 2 N–H and O–H groups in total. The fraction of sp³-hybridized carbons (Fsp3) is 0.600. The van der Waals surface area contributed by atoms with Crippen LogP contribution < -0.4 is 10.2 Å². The smallest absolute Gasteiger partial charge is 0.134 e. The molecule has 1 aliphatic rings. The average Bonchev–Trinajstić information content (AvgIpc) is 2.77. The molecule has 1 saturated heterocycles. The molecule has 15 heavy (non-hydrogen) atoms. The summed E-state index contributed by atoms with van der Waals surface area (Å²) in [5.41, 5.74) is 0. The van der Waals surface area contributed by atoms with E-state index in [0.717, 1.165) is 31.0 Å². The number of hydrogen-bond acceptors (Lipinski definition) is 5. The molecule has 0 radical (unpaired) electrons. The molecule has 5 nitrogen and oxygen atoms in total. The third-order valence-electron chi connectivity index (χ3n) is 2.79. The van der Waals surface area contributed by atoms with Crippen LogP contribution in [0.3, 0.4) is 0 Å². The molecule has 0 bridgehead atoms. The van der Waals surface area contributed by atoms with Gasteiger partial charge in [-0.1, -0.05) is 0 Å². The van der Waals surface area contributed by atoms with Crippen molar-refractivity contribution in [1.29, 1.82) is 0 Å². The molecule has 0 aromatic carbocycles. The van der Waals surface area contributed by atoms with E-state index in [9.17, 15) is 5.11 Å². The lowest BCUT2D eigenvalue weighted by atomic mass is 10.2. The van der Waals surface area contributed by atoms with Crippen molar-refractivity contribution in [3.8, 4) is 0 Å². The van der Waals surface area contributed by atoms with Crippen LogP contribution >= 0.6 is 0 Å². The highest BCUT2D eigenvalue weighted by Crippen LogP contribution is 2.24.